The van der Waals surface area contributed by atoms with Crippen LogP contribution in [0, 0.1) is 5.92 Å². The largest absolute Gasteiger partial charge is 0.388 e. The first-order valence-corrected chi connectivity index (χ1v) is 5.33. The second-order valence-corrected chi connectivity index (χ2v) is 5.28. The highest BCUT2D eigenvalue weighted by Gasteiger charge is 2.36. The Balaban J connectivity index is 4.29. The van der Waals surface area contributed by atoms with Gasteiger partial charge in [-0.3, -0.25) is 4.79 Å². The maximum absolute atomic E-state index is 11.6. The average Bonchev–Trinajstić information content (AvgIpc) is 2.00. The highest BCUT2D eigenvalue weighted by Crippen LogP contribution is 2.20. The van der Waals surface area contributed by atoms with Crippen LogP contribution in [-0.2, 0) is 4.79 Å². The molecule has 0 spiro atoms. The summed E-state index contributed by atoms with van der Waals surface area (Å²) in [5, 5.41) is 12.7. The molecule has 0 heterocycles. The molecule has 15 heavy (non-hydrogen) atoms. The molecule has 0 aliphatic carbocycles. The lowest BCUT2D eigenvalue weighted by atomic mass is 9.85. The Morgan fingerprint density at radius 2 is 1.87 bits per heavy atom. The van der Waals surface area contributed by atoms with Crippen LogP contribution in [0.3, 0.4) is 0 Å². The highest BCUT2D eigenvalue weighted by molar-refractivity contribution is 5.77. The topological polar surface area (TPSA) is 75.4 Å². The number of aliphatic hydroxyl groups is 1. The molecule has 0 aliphatic heterocycles. The number of amides is 1. The normalized spacial score (nSPS) is 14.9. The van der Waals surface area contributed by atoms with Crippen molar-refractivity contribution in [3.05, 3.63) is 0 Å². The van der Waals surface area contributed by atoms with Gasteiger partial charge in [-0.15, -0.1) is 0 Å². The second-order valence-electron chi connectivity index (χ2n) is 5.28. The summed E-state index contributed by atoms with van der Waals surface area (Å²) in [5.41, 5.74) is 3.85. The number of rotatable bonds is 5. The van der Waals surface area contributed by atoms with Gasteiger partial charge in [0.2, 0.25) is 5.91 Å². The smallest absolute Gasteiger partial charge is 0.220 e. The van der Waals surface area contributed by atoms with Crippen molar-refractivity contribution in [1.82, 2.24) is 5.32 Å². The van der Waals surface area contributed by atoms with Crippen LogP contribution in [0.25, 0.3) is 0 Å². The predicted molar refractivity (Wildman–Crippen MR) is 61.4 cm³/mol. The van der Waals surface area contributed by atoms with E-state index in [1.54, 1.807) is 27.7 Å². The molecule has 1 amide bonds. The Morgan fingerprint density at radius 3 is 2.20 bits per heavy atom. The quantitative estimate of drug-likeness (QED) is 0.631. The molecule has 4 heteroatoms. The zero-order valence-electron chi connectivity index (χ0n) is 10.4. The molecule has 1 atom stereocenters. The molecule has 0 saturated carbocycles. The van der Waals surface area contributed by atoms with Crippen LogP contribution in [0.15, 0.2) is 0 Å². The maximum Gasteiger partial charge on any atom is 0.220 e. The summed E-state index contributed by atoms with van der Waals surface area (Å²) in [6.07, 6.45) is 0.399. The van der Waals surface area contributed by atoms with Crippen LogP contribution in [0.4, 0.5) is 0 Å². The summed E-state index contributed by atoms with van der Waals surface area (Å²) in [6.45, 7) is 9.39. The van der Waals surface area contributed by atoms with Gasteiger partial charge < -0.3 is 16.2 Å². The van der Waals surface area contributed by atoms with Crippen LogP contribution in [-0.4, -0.2) is 28.7 Å². The number of hydrogen-bond donors (Lipinski definition) is 3. The zero-order chi connectivity index (χ0) is 12.3. The summed E-state index contributed by atoms with van der Waals surface area (Å²) in [7, 11) is 0. The Morgan fingerprint density at radius 1 is 1.40 bits per heavy atom. The van der Waals surface area contributed by atoms with Crippen LogP contribution in [0.2, 0.25) is 0 Å². The minimum absolute atomic E-state index is 0.0694. The molecule has 0 aromatic heterocycles. The van der Waals surface area contributed by atoms with Gasteiger partial charge in [0.1, 0.15) is 0 Å². The fourth-order valence-corrected chi connectivity index (χ4v) is 0.952. The number of carbonyl (C=O) groups is 1. The molecule has 4 nitrogen and oxygen atoms in total. The summed E-state index contributed by atoms with van der Waals surface area (Å²) in [5.74, 6) is 0.0997. The van der Waals surface area contributed by atoms with Crippen molar-refractivity contribution >= 4 is 5.91 Å². The fraction of sp³-hybridized carbons (Fsp3) is 0.909. The molecular weight excluding hydrogens is 192 g/mol. The molecule has 0 rings (SSSR count). The van der Waals surface area contributed by atoms with E-state index in [4.69, 9.17) is 5.73 Å². The lowest BCUT2D eigenvalue weighted by Crippen LogP contribution is -2.57. The van der Waals surface area contributed by atoms with Crippen molar-refractivity contribution in [3.63, 3.8) is 0 Å². The third-order valence-electron chi connectivity index (χ3n) is 2.92. The molecule has 0 fully saturated rings. The fourth-order valence-electron chi connectivity index (χ4n) is 0.952. The van der Waals surface area contributed by atoms with E-state index in [2.05, 4.69) is 5.32 Å². The van der Waals surface area contributed by atoms with E-state index in [0.717, 1.165) is 0 Å². The Bertz CT molecular complexity index is 219. The van der Waals surface area contributed by atoms with E-state index in [9.17, 15) is 9.90 Å². The summed E-state index contributed by atoms with van der Waals surface area (Å²) in [4.78, 5) is 11.6. The van der Waals surface area contributed by atoms with Gasteiger partial charge in [-0.2, -0.15) is 0 Å². The molecule has 90 valence electrons. The van der Waals surface area contributed by atoms with E-state index in [1.165, 1.54) is 0 Å². The highest BCUT2D eigenvalue weighted by atomic mass is 16.3. The first-order valence-electron chi connectivity index (χ1n) is 5.33. The predicted octanol–water partition coefficient (Wildman–Crippen LogP) is 0.637. The Kier molecular flexibility index (Phi) is 4.74. The number of nitrogens with one attached hydrogen (secondary N) is 1. The van der Waals surface area contributed by atoms with E-state index in [1.807, 2.05) is 6.92 Å². The Labute approximate surface area is 92.2 Å². The van der Waals surface area contributed by atoms with Gasteiger partial charge in [-0.25, -0.2) is 0 Å². The molecule has 0 aromatic carbocycles. The second kappa shape index (κ2) is 4.94. The van der Waals surface area contributed by atoms with Crippen molar-refractivity contribution in [2.75, 3.05) is 6.54 Å². The van der Waals surface area contributed by atoms with Gasteiger partial charge in [-0.1, -0.05) is 6.92 Å². The van der Waals surface area contributed by atoms with Gasteiger partial charge >= 0.3 is 0 Å². The van der Waals surface area contributed by atoms with Gasteiger partial charge in [0, 0.05) is 6.42 Å². The minimum Gasteiger partial charge on any atom is -0.388 e. The van der Waals surface area contributed by atoms with Crippen LogP contribution in [0.1, 0.15) is 41.0 Å². The average molecular weight is 216 g/mol. The van der Waals surface area contributed by atoms with E-state index in [0.29, 0.717) is 13.0 Å². The first kappa shape index (κ1) is 14.4. The molecule has 0 radical (unpaired) electrons. The van der Waals surface area contributed by atoms with Crippen molar-refractivity contribution in [1.29, 1.82) is 0 Å². The molecular formula is C11H24N2O2. The molecule has 0 aliphatic rings. The zero-order valence-corrected chi connectivity index (χ0v) is 10.4. The molecule has 0 bridgehead atoms. The lowest BCUT2D eigenvalue weighted by Gasteiger charge is -2.38. The van der Waals surface area contributed by atoms with Gasteiger partial charge in [0.15, 0.2) is 0 Å². The molecule has 1 unspecified atom stereocenters. The van der Waals surface area contributed by atoms with Crippen LogP contribution in [0.5, 0.6) is 0 Å². The van der Waals surface area contributed by atoms with Crippen molar-refractivity contribution in [2.24, 2.45) is 11.7 Å². The molecule has 0 saturated heterocycles. The molecule has 0 aromatic rings. The van der Waals surface area contributed by atoms with Gasteiger partial charge in [0.05, 0.1) is 11.1 Å². The van der Waals surface area contributed by atoms with Gasteiger partial charge in [-0.05, 0) is 40.2 Å². The van der Waals surface area contributed by atoms with Gasteiger partial charge in [0.25, 0.3) is 0 Å². The third kappa shape index (κ3) is 4.62. The summed E-state index contributed by atoms with van der Waals surface area (Å²) in [6, 6.07) is 0. The molecule has 4 N–H and O–H groups in total. The Hall–Kier alpha value is -0.610. The third-order valence-corrected chi connectivity index (χ3v) is 2.92. The number of nitrogens with two attached hydrogens (primary N) is 1. The lowest BCUT2D eigenvalue weighted by molar-refractivity contribution is -0.126. The SMILES string of the molecule is CC(CN)CC(=O)NC(C)(C)C(C)(C)O. The summed E-state index contributed by atoms with van der Waals surface area (Å²) >= 11 is 0. The van der Waals surface area contributed by atoms with Crippen LogP contribution >= 0.6 is 0 Å². The van der Waals surface area contributed by atoms with Crippen molar-refractivity contribution in [3.8, 4) is 0 Å². The number of carbonyl (C=O) groups excluding carboxylic acids is 1. The number of hydrogen-bond acceptors (Lipinski definition) is 3. The standard InChI is InChI=1S/C11H24N2O2/c1-8(7-12)6-9(14)13-10(2,3)11(4,5)15/h8,15H,6-7,12H2,1-5H3,(H,13,14). The van der Waals surface area contributed by atoms with Crippen molar-refractivity contribution in [2.45, 2.75) is 52.2 Å². The maximum atomic E-state index is 11.6. The minimum atomic E-state index is -0.950. The monoisotopic (exact) mass is 216 g/mol. The van der Waals surface area contributed by atoms with Crippen LogP contribution < -0.4 is 11.1 Å². The van der Waals surface area contributed by atoms with E-state index < -0.39 is 11.1 Å². The summed E-state index contributed by atoms with van der Waals surface area (Å²) < 4.78 is 0. The van der Waals surface area contributed by atoms with Crippen molar-refractivity contribution < 1.29 is 9.90 Å². The first-order chi connectivity index (χ1) is 6.60. The van der Waals surface area contributed by atoms with E-state index in [-0.39, 0.29) is 11.8 Å². The van der Waals surface area contributed by atoms with E-state index >= 15 is 0 Å².